The molecular formula is C22H26N4O4S2. The Labute approximate surface area is 195 Å². The van der Waals surface area contributed by atoms with Gasteiger partial charge in [-0.1, -0.05) is 24.8 Å². The molecule has 10 heteroatoms. The fourth-order valence-electron chi connectivity index (χ4n) is 3.02. The lowest BCUT2D eigenvalue weighted by Crippen LogP contribution is -2.16. The van der Waals surface area contributed by atoms with E-state index in [1.165, 1.54) is 30.2 Å². The molecule has 3 rings (SSSR count). The number of ether oxygens (including phenoxy) is 2. The highest BCUT2D eigenvalue weighted by molar-refractivity contribution is 7.99. The number of carbonyl (C=O) groups is 2. The first-order chi connectivity index (χ1) is 15.3. The van der Waals surface area contributed by atoms with E-state index in [1.54, 1.807) is 10.6 Å². The van der Waals surface area contributed by atoms with Gasteiger partial charge < -0.3 is 19.4 Å². The molecule has 0 saturated heterocycles. The molecule has 8 nitrogen and oxygen atoms in total. The molecule has 0 aliphatic carbocycles. The second-order valence-electron chi connectivity index (χ2n) is 7.21. The topological polar surface area (TPSA) is 95.3 Å². The summed E-state index contributed by atoms with van der Waals surface area (Å²) in [5.41, 5.74) is 2.64. The molecule has 0 atom stereocenters. The van der Waals surface area contributed by atoms with Crippen LogP contribution in [0.1, 0.15) is 39.1 Å². The average Bonchev–Trinajstić information content (AvgIpc) is 3.32. The number of anilines is 1. The number of aryl methyl sites for hydroxylation is 3. The summed E-state index contributed by atoms with van der Waals surface area (Å²) >= 11 is 2.64. The molecule has 2 heterocycles. The number of rotatable bonds is 9. The number of amides is 1. The van der Waals surface area contributed by atoms with E-state index < -0.39 is 5.97 Å². The molecule has 0 unspecified atom stereocenters. The van der Waals surface area contributed by atoms with Gasteiger partial charge in [0.15, 0.2) is 11.0 Å². The van der Waals surface area contributed by atoms with Crippen LogP contribution in [0, 0.1) is 13.8 Å². The van der Waals surface area contributed by atoms with Gasteiger partial charge in [0.25, 0.3) is 0 Å². The molecule has 0 radical (unpaired) electrons. The molecule has 0 aliphatic rings. The van der Waals surface area contributed by atoms with Crippen LogP contribution in [0.15, 0.2) is 29.4 Å². The van der Waals surface area contributed by atoms with Gasteiger partial charge in [0.1, 0.15) is 17.4 Å². The molecule has 32 heavy (non-hydrogen) atoms. The molecule has 1 aromatic carbocycles. The molecule has 3 aromatic rings. The summed E-state index contributed by atoms with van der Waals surface area (Å²) < 4.78 is 12.5. The lowest BCUT2D eigenvalue weighted by atomic mass is 10.1. The number of hydrogen-bond donors (Lipinski definition) is 1. The quantitative estimate of drug-likeness (QED) is 0.368. The molecule has 0 spiro atoms. The van der Waals surface area contributed by atoms with Crippen LogP contribution >= 0.6 is 23.1 Å². The minimum absolute atomic E-state index is 0.129. The van der Waals surface area contributed by atoms with Crippen LogP contribution in [0.5, 0.6) is 5.75 Å². The Hall–Kier alpha value is -2.85. The fourth-order valence-corrected chi connectivity index (χ4v) is 4.75. The number of nitrogens with zero attached hydrogens (tertiary/aromatic N) is 3. The third-order valence-corrected chi connectivity index (χ3v) is 6.83. The molecule has 2 aromatic heterocycles. The van der Waals surface area contributed by atoms with Gasteiger partial charge in [0.05, 0.1) is 18.4 Å². The van der Waals surface area contributed by atoms with Crippen molar-refractivity contribution in [3.8, 4) is 5.75 Å². The van der Waals surface area contributed by atoms with Crippen molar-refractivity contribution >= 4 is 40.0 Å². The highest BCUT2D eigenvalue weighted by atomic mass is 32.2. The molecule has 1 amide bonds. The summed E-state index contributed by atoms with van der Waals surface area (Å²) in [5, 5.41) is 12.3. The van der Waals surface area contributed by atoms with Crippen molar-refractivity contribution in [1.29, 1.82) is 0 Å². The summed E-state index contributed by atoms with van der Waals surface area (Å²) in [5.74, 6) is 0.865. The minimum atomic E-state index is -0.467. The zero-order valence-corrected chi connectivity index (χ0v) is 20.4. The van der Waals surface area contributed by atoms with Crippen molar-refractivity contribution in [2.45, 2.75) is 39.0 Å². The fraction of sp³-hybridized carbons (Fsp3) is 0.364. The Balaban J connectivity index is 1.58. The lowest BCUT2D eigenvalue weighted by Gasteiger charge is -2.08. The molecule has 0 saturated carbocycles. The number of carbonyl (C=O) groups excluding carboxylic acids is 2. The maximum atomic E-state index is 12.5. The van der Waals surface area contributed by atoms with Crippen LogP contribution in [-0.4, -0.2) is 39.5 Å². The molecule has 0 aliphatic heterocycles. The van der Waals surface area contributed by atoms with E-state index in [0.29, 0.717) is 21.5 Å². The summed E-state index contributed by atoms with van der Waals surface area (Å²) in [6.45, 7) is 6.31. The van der Waals surface area contributed by atoms with E-state index in [0.717, 1.165) is 28.2 Å². The summed E-state index contributed by atoms with van der Waals surface area (Å²) in [7, 11) is 3.16. The van der Waals surface area contributed by atoms with Crippen LogP contribution in [0.25, 0.3) is 0 Å². The third-order valence-electron chi connectivity index (χ3n) is 4.61. The maximum Gasteiger partial charge on any atom is 0.340 e. The van der Waals surface area contributed by atoms with Gasteiger partial charge >= 0.3 is 5.97 Å². The molecule has 0 bridgehead atoms. The first kappa shape index (κ1) is 23.8. The number of nitrogens with one attached hydrogen (secondary N) is 1. The van der Waals surface area contributed by atoms with Crippen LogP contribution in [0.4, 0.5) is 5.00 Å². The zero-order valence-electron chi connectivity index (χ0n) is 18.7. The van der Waals surface area contributed by atoms with E-state index >= 15 is 0 Å². The Morgan fingerprint density at radius 2 is 1.88 bits per heavy atom. The van der Waals surface area contributed by atoms with Gasteiger partial charge in [-0.3, -0.25) is 4.79 Å². The van der Waals surface area contributed by atoms with Crippen molar-refractivity contribution in [3.05, 3.63) is 51.7 Å². The standard InChI is InChI=1S/C22H26N4O4S2/c1-6-16-10-17(21(28)29-5)20(32-16)23-19(27)12-31-22-25-24-18(26(22)4)11-30-15-8-13(2)7-14(3)9-15/h7-10H,6,11-12H2,1-5H3,(H,23,27). The number of methoxy groups -OCH3 is 1. The highest BCUT2D eigenvalue weighted by Gasteiger charge is 2.19. The minimum Gasteiger partial charge on any atom is -0.486 e. The first-order valence-corrected chi connectivity index (χ1v) is 11.8. The predicted octanol–water partition coefficient (Wildman–Crippen LogP) is 4.15. The van der Waals surface area contributed by atoms with Crippen LogP contribution < -0.4 is 10.1 Å². The van der Waals surface area contributed by atoms with Crippen molar-refractivity contribution in [2.24, 2.45) is 7.05 Å². The van der Waals surface area contributed by atoms with Crippen molar-refractivity contribution < 1.29 is 19.1 Å². The molecule has 1 N–H and O–H groups in total. The number of hydrogen-bond acceptors (Lipinski definition) is 8. The number of thioether (sulfide) groups is 1. The second-order valence-corrected chi connectivity index (χ2v) is 9.29. The summed E-state index contributed by atoms with van der Waals surface area (Å²) in [4.78, 5) is 25.4. The average molecular weight is 475 g/mol. The molecule has 0 fully saturated rings. The SMILES string of the molecule is CCc1cc(C(=O)OC)c(NC(=O)CSc2nnc(COc3cc(C)cc(C)c3)n2C)s1. The van der Waals surface area contributed by atoms with Crippen molar-refractivity contribution in [3.63, 3.8) is 0 Å². The van der Waals surface area contributed by atoms with Crippen molar-refractivity contribution in [1.82, 2.24) is 14.8 Å². The van der Waals surface area contributed by atoms with Crippen molar-refractivity contribution in [2.75, 3.05) is 18.2 Å². The Morgan fingerprint density at radius 3 is 2.53 bits per heavy atom. The highest BCUT2D eigenvalue weighted by Crippen LogP contribution is 2.29. The predicted molar refractivity (Wildman–Crippen MR) is 126 cm³/mol. The normalized spacial score (nSPS) is 10.8. The van der Waals surface area contributed by atoms with E-state index in [-0.39, 0.29) is 18.3 Å². The number of benzene rings is 1. The molecule has 170 valence electrons. The van der Waals surface area contributed by atoms with Gasteiger partial charge in [0.2, 0.25) is 5.91 Å². The van der Waals surface area contributed by atoms with E-state index in [9.17, 15) is 9.59 Å². The van der Waals surface area contributed by atoms with Crippen LogP contribution in [0.3, 0.4) is 0 Å². The van der Waals surface area contributed by atoms with E-state index in [2.05, 4.69) is 21.6 Å². The lowest BCUT2D eigenvalue weighted by molar-refractivity contribution is -0.113. The van der Waals surface area contributed by atoms with Gasteiger partial charge in [-0.25, -0.2) is 4.79 Å². The summed E-state index contributed by atoms with van der Waals surface area (Å²) in [6.07, 6.45) is 0.769. The maximum absolute atomic E-state index is 12.5. The van der Waals surface area contributed by atoms with Gasteiger partial charge in [0, 0.05) is 11.9 Å². The van der Waals surface area contributed by atoms with Crippen LogP contribution in [-0.2, 0) is 29.6 Å². The Morgan fingerprint density at radius 1 is 1.16 bits per heavy atom. The summed E-state index contributed by atoms with van der Waals surface area (Å²) in [6, 6.07) is 7.78. The third kappa shape index (κ3) is 5.89. The largest absolute Gasteiger partial charge is 0.486 e. The molecular weight excluding hydrogens is 448 g/mol. The van der Waals surface area contributed by atoms with E-state index in [1.807, 2.05) is 40.0 Å². The number of esters is 1. The number of thiophene rings is 1. The van der Waals surface area contributed by atoms with Crippen LogP contribution in [0.2, 0.25) is 0 Å². The van der Waals surface area contributed by atoms with Gasteiger partial charge in [-0.15, -0.1) is 21.5 Å². The Bertz CT molecular complexity index is 1100. The smallest absolute Gasteiger partial charge is 0.340 e. The first-order valence-electron chi connectivity index (χ1n) is 10.0. The number of aromatic nitrogens is 3. The Kier molecular flexibility index (Phi) is 7.92. The van der Waals surface area contributed by atoms with E-state index in [4.69, 9.17) is 9.47 Å². The monoisotopic (exact) mass is 474 g/mol. The zero-order chi connectivity index (χ0) is 23.3. The van der Waals surface area contributed by atoms with Gasteiger partial charge in [-0.2, -0.15) is 0 Å². The van der Waals surface area contributed by atoms with Gasteiger partial charge in [-0.05, 0) is 49.6 Å². The second kappa shape index (κ2) is 10.6.